The quantitative estimate of drug-likeness (QED) is 0.480. The molecular weight excluding hydrogens is 493 g/mol. The SMILES string of the molecule is CC1(Cn2nc(C3CCCC3)c(C(F)(F)F)c2C(=O)Nc2ccnc(S(C)(=N)=O)c2)CC(F)(F)C1. The van der Waals surface area contributed by atoms with Gasteiger partial charge in [-0.3, -0.25) is 9.48 Å². The third kappa shape index (κ3) is 5.34. The van der Waals surface area contributed by atoms with E-state index in [4.69, 9.17) is 4.78 Å². The molecule has 2 aliphatic carbocycles. The van der Waals surface area contributed by atoms with E-state index in [0.717, 1.165) is 29.8 Å². The Labute approximate surface area is 199 Å². The van der Waals surface area contributed by atoms with Crippen molar-refractivity contribution in [3.8, 4) is 0 Å². The summed E-state index contributed by atoms with van der Waals surface area (Å²) in [6, 6.07) is 2.46. The number of alkyl halides is 5. The van der Waals surface area contributed by atoms with Crippen molar-refractivity contribution in [3.05, 3.63) is 35.3 Å². The highest BCUT2D eigenvalue weighted by molar-refractivity contribution is 7.91. The Morgan fingerprint density at radius 2 is 1.91 bits per heavy atom. The highest BCUT2D eigenvalue weighted by Crippen LogP contribution is 2.53. The molecule has 1 amide bonds. The molecule has 0 saturated heterocycles. The van der Waals surface area contributed by atoms with Gasteiger partial charge < -0.3 is 5.32 Å². The van der Waals surface area contributed by atoms with Crippen molar-refractivity contribution in [2.24, 2.45) is 5.41 Å². The summed E-state index contributed by atoms with van der Waals surface area (Å²) in [6.07, 6.45) is -1.13. The molecular formula is C22H26F5N5O2S. The third-order valence-corrected chi connectivity index (χ3v) is 7.54. The van der Waals surface area contributed by atoms with Crippen LogP contribution in [0.2, 0.25) is 0 Å². The minimum Gasteiger partial charge on any atom is -0.320 e. The number of hydrogen-bond acceptors (Lipinski definition) is 5. The Morgan fingerprint density at radius 1 is 1.29 bits per heavy atom. The molecule has 1 unspecified atom stereocenters. The Morgan fingerprint density at radius 3 is 2.46 bits per heavy atom. The van der Waals surface area contributed by atoms with Gasteiger partial charge in [-0.15, -0.1) is 0 Å². The molecule has 7 nitrogen and oxygen atoms in total. The summed E-state index contributed by atoms with van der Waals surface area (Å²) in [5, 5.41) is 6.42. The van der Waals surface area contributed by atoms with E-state index in [9.17, 15) is 31.0 Å². The first-order chi connectivity index (χ1) is 16.1. The second kappa shape index (κ2) is 8.52. The predicted molar refractivity (Wildman–Crippen MR) is 118 cm³/mol. The Hall–Kier alpha value is -2.57. The van der Waals surface area contributed by atoms with Gasteiger partial charge in [0, 0.05) is 43.4 Å². The zero-order valence-corrected chi connectivity index (χ0v) is 20.0. The lowest BCUT2D eigenvalue weighted by molar-refractivity contribution is -0.160. The van der Waals surface area contributed by atoms with Crippen LogP contribution in [0.1, 0.15) is 73.1 Å². The van der Waals surface area contributed by atoms with Crippen LogP contribution in [0.4, 0.5) is 27.6 Å². The van der Waals surface area contributed by atoms with Gasteiger partial charge in [-0.1, -0.05) is 19.8 Å². The number of nitrogens with one attached hydrogen (secondary N) is 2. The van der Waals surface area contributed by atoms with E-state index in [-0.39, 0.29) is 23.0 Å². The second-order valence-corrected chi connectivity index (χ2v) is 12.1. The molecule has 35 heavy (non-hydrogen) atoms. The van der Waals surface area contributed by atoms with E-state index >= 15 is 0 Å². The summed E-state index contributed by atoms with van der Waals surface area (Å²) in [5.41, 5.74) is -3.12. The topological polar surface area (TPSA) is 101 Å². The number of anilines is 1. The zero-order valence-electron chi connectivity index (χ0n) is 19.2. The van der Waals surface area contributed by atoms with Crippen LogP contribution in [0.3, 0.4) is 0 Å². The van der Waals surface area contributed by atoms with Gasteiger partial charge in [-0.05, 0) is 30.4 Å². The smallest absolute Gasteiger partial charge is 0.320 e. The van der Waals surface area contributed by atoms with Crippen molar-refractivity contribution in [1.82, 2.24) is 14.8 Å². The maximum absolute atomic E-state index is 14.3. The van der Waals surface area contributed by atoms with Crippen molar-refractivity contribution >= 4 is 21.3 Å². The highest BCUT2D eigenvalue weighted by Gasteiger charge is 2.54. The summed E-state index contributed by atoms with van der Waals surface area (Å²) in [7, 11) is -3.23. The minimum atomic E-state index is -4.89. The number of rotatable bonds is 6. The minimum absolute atomic E-state index is 0.00602. The van der Waals surface area contributed by atoms with Crippen LogP contribution in [0, 0.1) is 10.2 Å². The molecule has 0 aliphatic heterocycles. The molecule has 2 saturated carbocycles. The number of nitrogens with zero attached hydrogens (tertiary/aromatic N) is 3. The first-order valence-electron chi connectivity index (χ1n) is 11.1. The van der Waals surface area contributed by atoms with Crippen molar-refractivity contribution < 1.29 is 31.0 Å². The molecule has 13 heteroatoms. The van der Waals surface area contributed by atoms with Gasteiger partial charge in [0.15, 0.2) is 0 Å². The van der Waals surface area contributed by atoms with Crippen molar-refractivity contribution in [2.75, 3.05) is 11.6 Å². The van der Waals surface area contributed by atoms with Gasteiger partial charge in [-0.25, -0.2) is 22.8 Å². The molecule has 2 aromatic rings. The first-order valence-corrected chi connectivity index (χ1v) is 13.1. The molecule has 2 aromatic heterocycles. The number of carbonyl (C=O) groups is 1. The maximum Gasteiger partial charge on any atom is 0.420 e. The lowest BCUT2D eigenvalue weighted by Gasteiger charge is -2.44. The molecule has 2 fully saturated rings. The number of aromatic nitrogens is 3. The highest BCUT2D eigenvalue weighted by atomic mass is 32.2. The molecule has 2 aliphatic rings. The predicted octanol–water partition coefficient (Wildman–Crippen LogP) is 5.68. The second-order valence-electron chi connectivity index (χ2n) is 9.95. The third-order valence-electron chi connectivity index (χ3n) is 6.51. The van der Waals surface area contributed by atoms with E-state index in [0.29, 0.717) is 12.8 Å². The number of pyridine rings is 1. The molecule has 0 radical (unpaired) electrons. The average Bonchev–Trinajstić information content (AvgIpc) is 3.33. The first kappa shape index (κ1) is 25.5. The lowest BCUT2D eigenvalue weighted by atomic mass is 9.67. The average molecular weight is 520 g/mol. The van der Waals surface area contributed by atoms with E-state index < -0.39 is 63.2 Å². The summed E-state index contributed by atoms with van der Waals surface area (Å²) < 4.78 is 90.7. The van der Waals surface area contributed by atoms with Gasteiger partial charge >= 0.3 is 6.18 Å². The molecule has 0 aromatic carbocycles. The maximum atomic E-state index is 14.3. The standard InChI is InChI=1S/C22H26F5N5O2S/c1-20(10-21(23,24)11-20)12-32-18(16(22(25,26)27)17(31-32)13-5-3-4-6-13)19(33)30-14-7-8-29-15(9-14)35(2,28)34/h7-9,13,28H,3-6,10-12H2,1-2H3,(H,29,30,33). The fourth-order valence-electron chi connectivity index (χ4n) is 5.15. The summed E-state index contributed by atoms with van der Waals surface area (Å²) in [4.78, 5) is 17.1. The molecule has 0 bridgehead atoms. The molecule has 2 heterocycles. The van der Waals surface area contributed by atoms with Crippen LogP contribution in [0.5, 0.6) is 0 Å². The number of hydrogen-bond donors (Lipinski definition) is 2. The van der Waals surface area contributed by atoms with Gasteiger partial charge in [-0.2, -0.15) is 18.3 Å². The van der Waals surface area contributed by atoms with Crippen LogP contribution in [0.15, 0.2) is 23.4 Å². The van der Waals surface area contributed by atoms with Gasteiger partial charge in [0.1, 0.15) is 16.3 Å². The van der Waals surface area contributed by atoms with Gasteiger partial charge in [0.05, 0.1) is 15.4 Å². The van der Waals surface area contributed by atoms with Crippen LogP contribution >= 0.6 is 0 Å². The fourth-order valence-corrected chi connectivity index (χ4v) is 5.76. The van der Waals surface area contributed by atoms with E-state index in [1.165, 1.54) is 19.2 Å². The monoisotopic (exact) mass is 519 g/mol. The lowest BCUT2D eigenvalue weighted by Crippen LogP contribution is -2.47. The van der Waals surface area contributed by atoms with Crippen molar-refractivity contribution in [3.63, 3.8) is 0 Å². The van der Waals surface area contributed by atoms with Crippen LogP contribution in [0.25, 0.3) is 0 Å². The molecule has 2 N–H and O–H groups in total. The Bertz CT molecular complexity index is 1240. The molecule has 1 atom stereocenters. The Balaban J connectivity index is 1.78. The van der Waals surface area contributed by atoms with Crippen molar-refractivity contribution in [2.45, 2.75) is 75.0 Å². The van der Waals surface area contributed by atoms with Gasteiger partial charge in [0.2, 0.25) is 5.92 Å². The van der Waals surface area contributed by atoms with E-state index in [1.54, 1.807) is 0 Å². The van der Waals surface area contributed by atoms with E-state index in [1.807, 2.05) is 0 Å². The number of halogens is 5. The zero-order chi connectivity index (χ0) is 25.8. The van der Waals surface area contributed by atoms with Crippen LogP contribution in [-0.4, -0.2) is 37.1 Å². The normalized spacial score (nSPS) is 21.3. The molecule has 0 spiro atoms. The number of amides is 1. The largest absolute Gasteiger partial charge is 0.420 e. The Kier molecular flexibility index (Phi) is 6.22. The number of carbonyl (C=O) groups excluding carboxylic acids is 1. The van der Waals surface area contributed by atoms with Crippen LogP contribution < -0.4 is 5.32 Å². The van der Waals surface area contributed by atoms with E-state index in [2.05, 4.69) is 15.4 Å². The van der Waals surface area contributed by atoms with Crippen LogP contribution in [-0.2, 0) is 22.5 Å². The molecule has 4 rings (SSSR count). The van der Waals surface area contributed by atoms with Crippen molar-refractivity contribution in [1.29, 1.82) is 4.78 Å². The summed E-state index contributed by atoms with van der Waals surface area (Å²) in [6.45, 7) is 1.27. The molecule has 192 valence electrons. The van der Waals surface area contributed by atoms with Gasteiger partial charge in [0.25, 0.3) is 5.91 Å². The fraction of sp³-hybridized carbons (Fsp3) is 0.591. The summed E-state index contributed by atoms with van der Waals surface area (Å²) >= 11 is 0. The summed E-state index contributed by atoms with van der Waals surface area (Å²) in [5.74, 6) is -4.49.